The molecule has 0 saturated heterocycles. The second-order valence-corrected chi connectivity index (χ2v) is 33.0. The maximum Gasteiger partial charge on any atom is 0.410 e. The highest BCUT2D eigenvalue weighted by atomic mass is 32.2. The fourth-order valence-electron chi connectivity index (χ4n) is 14.5. The number of nitrogens with zero attached hydrogens (tertiary/aromatic N) is 12. The summed E-state index contributed by atoms with van der Waals surface area (Å²) in [5.41, 5.74) is 29.6. The van der Waals surface area contributed by atoms with Crippen LogP contribution in [0.3, 0.4) is 0 Å². The maximum absolute atomic E-state index is 14.0. The van der Waals surface area contributed by atoms with Crippen molar-refractivity contribution in [2.24, 2.45) is 17.6 Å². The normalized spacial score (nSPS) is 12.4. The molecule has 13 rings (SSSR count). The predicted octanol–water partition coefficient (Wildman–Crippen LogP) is 9.60. The number of aromatic amines is 2. The number of ketones is 2. The van der Waals surface area contributed by atoms with E-state index in [2.05, 4.69) is 113 Å². The molecule has 11 aromatic rings. The number of nitrogen functional groups attached to an aromatic ring is 2. The highest BCUT2D eigenvalue weighted by molar-refractivity contribution is 8.00. The van der Waals surface area contributed by atoms with Crippen LogP contribution in [0.5, 0.6) is 0 Å². The number of nitrogens with two attached hydrogens (primary N) is 3. The Morgan fingerprint density at radius 2 is 0.952 bits per heavy atom. The molecule has 0 spiro atoms. The SMILES string of the molecule is CC(=O)NCCOCCC(=O)C[C@H](C(=O)N[C@@H](CCCNC(N)=O)C(=O)Cc1ccc(COC(=O)N(Cc2ccncc2)Cc2ccc3c(c2)Sc2cc(Cn4c(=O)[nH]c5c(N)nc(C)nc54)ccc2N3C)cc1)C(C)C.CC(=O)NCCOCCC(=O)N(Cc1ccncc1)Cc1ccc2c(c1)Sc1cc(Cn3c(=O)[nH]c4c(N)nc(C)nc43)ccc1N2C. The second kappa shape index (κ2) is 42.7. The second-order valence-electron chi connectivity index (χ2n) is 30.9. The van der Waals surface area contributed by atoms with Crippen molar-refractivity contribution in [1.82, 2.24) is 80.1 Å². The van der Waals surface area contributed by atoms with Crippen LogP contribution in [-0.2, 0) is 95.3 Å². The monoisotopic (exact) mass is 1740 g/mol. The van der Waals surface area contributed by atoms with Gasteiger partial charge in [0.25, 0.3) is 0 Å². The molecule has 2 aliphatic rings. The minimum Gasteiger partial charge on any atom is -0.445 e. The molecular formula is C89H103N21O13S2. The van der Waals surface area contributed by atoms with E-state index in [9.17, 15) is 47.9 Å². The molecule has 34 nitrogen and oxygen atoms in total. The number of hydrogen-bond donors (Lipinski definition) is 9. The first kappa shape index (κ1) is 90.9. The summed E-state index contributed by atoms with van der Waals surface area (Å²) >= 11 is 3.26. The number of primary amides is 1. The Hall–Kier alpha value is -13.3. The lowest BCUT2D eigenvalue weighted by atomic mass is 9.88. The van der Waals surface area contributed by atoms with Gasteiger partial charge in [0.15, 0.2) is 28.7 Å². The van der Waals surface area contributed by atoms with E-state index in [0.29, 0.717) is 90.9 Å². The highest BCUT2D eigenvalue weighted by Gasteiger charge is 2.32. The zero-order valence-electron chi connectivity index (χ0n) is 71.0. The molecule has 6 aromatic heterocycles. The number of urea groups is 1. The van der Waals surface area contributed by atoms with Crippen LogP contribution in [0, 0.1) is 25.7 Å². The molecule has 0 aliphatic carbocycles. The largest absolute Gasteiger partial charge is 0.445 e. The van der Waals surface area contributed by atoms with Gasteiger partial charge in [-0.3, -0.25) is 52.8 Å². The number of carbonyl (C=O) groups is 8. The lowest BCUT2D eigenvalue weighted by Crippen LogP contribution is -2.46. The van der Waals surface area contributed by atoms with E-state index in [0.717, 1.165) is 75.7 Å². The number of aryl methyl sites for hydroxylation is 2. The topological polar surface area (TPSA) is 456 Å². The quantitative estimate of drug-likeness (QED) is 0.0162. The Bertz CT molecular complexity index is 5870. The Morgan fingerprint density at radius 1 is 0.520 bits per heavy atom. The molecule has 2 aliphatic heterocycles. The van der Waals surface area contributed by atoms with Gasteiger partial charge in [-0.2, -0.15) is 0 Å². The third-order valence-electron chi connectivity index (χ3n) is 21.0. The molecule has 0 saturated carbocycles. The Morgan fingerprint density at radius 3 is 1.42 bits per heavy atom. The van der Waals surface area contributed by atoms with E-state index in [4.69, 9.17) is 31.4 Å². The Balaban J connectivity index is 0.000000253. The predicted molar refractivity (Wildman–Crippen MR) is 475 cm³/mol. The van der Waals surface area contributed by atoms with Crippen LogP contribution < -0.4 is 59.6 Å². The summed E-state index contributed by atoms with van der Waals surface area (Å²) < 4.78 is 20.1. The number of anilines is 6. The lowest BCUT2D eigenvalue weighted by Gasteiger charge is -2.31. The van der Waals surface area contributed by atoms with E-state index in [-0.39, 0.29) is 143 Å². The summed E-state index contributed by atoms with van der Waals surface area (Å²) in [5, 5.41) is 10.7. The first-order chi connectivity index (χ1) is 60.1. The maximum atomic E-state index is 14.0. The number of rotatable bonds is 38. The van der Waals surface area contributed by atoms with E-state index >= 15 is 0 Å². The Labute approximate surface area is 730 Å². The third kappa shape index (κ3) is 24.6. The number of pyridine rings is 2. The number of nitrogens with one attached hydrogen (secondary N) is 6. The van der Waals surface area contributed by atoms with Crippen molar-refractivity contribution in [3.63, 3.8) is 0 Å². The zero-order chi connectivity index (χ0) is 89.0. The Kier molecular flexibility index (Phi) is 31.0. The van der Waals surface area contributed by atoms with Gasteiger partial charge in [-0.1, -0.05) is 85.9 Å². The van der Waals surface area contributed by atoms with Crippen LogP contribution in [0.4, 0.5) is 44.0 Å². The summed E-state index contributed by atoms with van der Waals surface area (Å²) in [5.74, 6) is -0.656. The van der Waals surface area contributed by atoms with Crippen molar-refractivity contribution >= 4 is 128 Å². The van der Waals surface area contributed by atoms with Crippen molar-refractivity contribution in [2.45, 2.75) is 152 Å². The van der Waals surface area contributed by atoms with Gasteiger partial charge in [-0.15, -0.1) is 0 Å². The van der Waals surface area contributed by atoms with Gasteiger partial charge >= 0.3 is 23.5 Å². The van der Waals surface area contributed by atoms with Gasteiger partial charge in [-0.05, 0) is 150 Å². The van der Waals surface area contributed by atoms with Crippen molar-refractivity contribution in [3.8, 4) is 0 Å². The van der Waals surface area contributed by atoms with Gasteiger partial charge in [0.05, 0.1) is 74.7 Å². The summed E-state index contributed by atoms with van der Waals surface area (Å²) in [6.07, 6.45) is 7.09. The van der Waals surface area contributed by atoms with Gasteiger partial charge in [0.1, 0.15) is 35.1 Å². The van der Waals surface area contributed by atoms with Crippen molar-refractivity contribution in [3.05, 3.63) is 223 Å². The minimum absolute atomic E-state index is 0.0193. The number of ether oxygens (including phenoxy) is 3. The van der Waals surface area contributed by atoms with Crippen LogP contribution in [0.2, 0.25) is 0 Å². The van der Waals surface area contributed by atoms with Crippen LogP contribution >= 0.6 is 23.5 Å². The van der Waals surface area contributed by atoms with Crippen molar-refractivity contribution in [1.29, 1.82) is 0 Å². The number of aromatic nitrogens is 10. The van der Waals surface area contributed by atoms with Gasteiger partial charge in [0, 0.05) is 143 Å². The third-order valence-corrected chi connectivity index (χ3v) is 23.2. The number of hydrogen-bond acceptors (Lipinski definition) is 25. The first-order valence-corrected chi connectivity index (χ1v) is 42.6. The standard InChI is InChI=1S/C55H66N12O9S.C34H37N9O4S/c1-33(2)42(28-41(69)18-23-75-24-22-59-35(4)68)52(71)63-43(7-6-19-60-53(57)72)46(70)25-36-8-10-38(11-9-36)32-76-55(74)66(29-37-16-20-58-21-17-37)30-39-12-14-44-47(26-39)77-48-27-40(13-15-45(48)65(44)5)31-67-51-49(64-54(67)73)50(56)61-34(3)62-51;1-21-38-32(35)31-33(39-21)43(34(46)40-31)20-25-5-7-27-29(17-25)48-28-16-24(4-6-26(28)41(27)3)19-42(18-23-8-11-36-12-9-23)30(45)10-14-47-15-13-37-22(2)44/h8-17,20-21,26-27,33,42-43H,6-7,18-19,22-25,28-32H2,1-5H3,(H,59,68)(H,63,71)(H,64,73)(H2,56,61,62)(H3,57,60,72);4-9,11-12,16-17H,10,13-15,18-20H2,1-3H3,(H,37,44)(H,40,46)(H2,35,38,39)/t42-,43-;/m0./s1. The van der Waals surface area contributed by atoms with E-state index in [1.54, 1.807) is 100 Å². The number of Topliss-reactive ketones (excluding diaryl/α,β-unsaturated/α-hetero) is 2. The number of H-pyrrole nitrogens is 2. The highest BCUT2D eigenvalue weighted by Crippen LogP contribution is 2.50. The fourth-order valence-corrected chi connectivity index (χ4v) is 17.1. The molecule has 2 atom stereocenters. The zero-order valence-corrected chi connectivity index (χ0v) is 72.6. The molecule has 0 fully saturated rings. The average Bonchev–Trinajstić information content (AvgIpc) is 1.32. The van der Waals surface area contributed by atoms with Crippen molar-refractivity contribution < 1.29 is 52.6 Å². The fraction of sp³-hybridized carbons (Fsp3) is 0.348. The van der Waals surface area contributed by atoms with Crippen LogP contribution in [0.15, 0.2) is 175 Å². The molecule has 12 N–H and O–H groups in total. The molecule has 654 valence electrons. The van der Waals surface area contributed by atoms with Gasteiger partial charge < -0.3 is 77.3 Å². The van der Waals surface area contributed by atoms with Crippen LogP contribution in [0.25, 0.3) is 22.3 Å². The number of carbonyl (C=O) groups excluding carboxylic acids is 8. The van der Waals surface area contributed by atoms with Crippen LogP contribution in [0.1, 0.15) is 116 Å². The number of imidazole rings is 2. The summed E-state index contributed by atoms with van der Waals surface area (Å²) in [6, 6.07) is 37.7. The summed E-state index contributed by atoms with van der Waals surface area (Å²) in [7, 11) is 4.04. The smallest absolute Gasteiger partial charge is 0.410 e. The molecule has 0 radical (unpaired) electrons. The number of fused-ring (bicyclic) bond motifs is 6. The molecule has 0 bridgehead atoms. The van der Waals surface area contributed by atoms with E-state index in [1.165, 1.54) is 13.8 Å². The summed E-state index contributed by atoms with van der Waals surface area (Å²) in [4.78, 5) is 170. The molecule has 5 aromatic carbocycles. The van der Waals surface area contributed by atoms with Crippen LogP contribution in [-0.4, -0.2) is 172 Å². The molecule has 0 unspecified atom stereocenters. The van der Waals surface area contributed by atoms with Gasteiger partial charge in [-0.25, -0.2) is 39.1 Å². The molecule has 8 heterocycles. The van der Waals surface area contributed by atoms with E-state index < -0.39 is 30.0 Å². The minimum atomic E-state index is -0.910. The molecule has 36 heteroatoms. The molecular weight excluding hydrogens is 1640 g/mol. The first-order valence-electron chi connectivity index (χ1n) is 41.0. The van der Waals surface area contributed by atoms with Crippen molar-refractivity contribution in [2.75, 3.05) is 81.4 Å². The summed E-state index contributed by atoms with van der Waals surface area (Å²) in [6.45, 7) is 13.8. The lowest BCUT2D eigenvalue weighted by molar-refractivity contribution is -0.133. The number of amides is 7. The molecule has 7 amide bonds. The number of benzene rings is 5. The van der Waals surface area contributed by atoms with Gasteiger partial charge in [0.2, 0.25) is 23.6 Å². The molecule has 125 heavy (non-hydrogen) atoms. The average molecular weight is 1740 g/mol. The van der Waals surface area contributed by atoms with E-state index in [1.807, 2.05) is 87.4 Å².